The minimum Gasteiger partial charge on any atom is -0.303 e. The van der Waals surface area contributed by atoms with Crippen molar-refractivity contribution >= 4 is 34.2 Å². The van der Waals surface area contributed by atoms with Crippen molar-refractivity contribution in [3.8, 4) is 0 Å². The first-order chi connectivity index (χ1) is 22.4. The van der Waals surface area contributed by atoms with Crippen LogP contribution in [0.15, 0.2) is 42.7 Å². The van der Waals surface area contributed by atoms with Gasteiger partial charge in [-0.15, -0.1) is 0 Å². The molecule has 4 aliphatic rings. The van der Waals surface area contributed by atoms with Crippen molar-refractivity contribution in [1.29, 1.82) is 0 Å². The molecule has 3 aromatic rings. The molecule has 1 aromatic heterocycles. The summed E-state index contributed by atoms with van der Waals surface area (Å²) in [6, 6.07) is 4.67. The second-order valence-electron chi connectivity index (χ2n) is 10.8. The van der Waals surface area contributed by atoms with Gasteiger partial charge in [0.05, 0.1) is 19.3 Å². The molecule has 1 aliphatic carbocycles. The predicted molar refractivity (Wildman–Crippen MR) is 149 cm³/mol. The van der Waals surface area contributed by atoms with Crippen LogP contribution >= 0.6 is 0 Å². The van der Waals surface area contributed by atoms with E-state index in [4.69, 9.17) is 11.0 Å². The molecule has 0 radical (unpaired) electrons. The maximum Gasteiger partial charge on any atom is 0.259 e. The number of anilines is 1. The van der Waals surface area contributed by atoms with E-state index < -0.39 is 49.6 Å². The molecule has 3 atom stereocenters. The van der Waals surface area contributed by atoms with Gasteiger partial charge in [0.15, 0.2) is 0 Å². The molecule has 2 saturated heterocycles. The molecule has 0 spiro atoms. The molecule has 4 heterocycles. The molecule has 3 unspecified atom stereocenters. The van der Waals surface area contributed by atoms with Gasteiger partial charge in [-0.1, -0.05) is 31.5 Å². The standard InChI is InChI=1S/C31H35N5O3/c1-19-5-6-22(19)18-34-13-11-23(12-14-34)35-17-20(16-32-35)15-21-7-8-26-29-24(21)3-2-4-25(29)31(39)36(26)27-9-10-28(37)33-30(27)38/h2-4,7-8,16-17,19,22-23,27H,5-6,9-15,18H2,1H3,(H,33,37,38)/i11D2,12D2,13D2,14D2,23D. The van der Waals surface area contributed by atoms with Gasteiger partial charge in [-0.05, 0) is 66.1 Å². The van der Waals surface area contributed by atoms with Gasteiger partial charge in [0.1, 0.15) is 6.04 Å². The van der Waals surface area contributed by atoms with E-state index in [1.54, 1.807) is 24.3 Å². The second kappa shape index (κ2) is 9.59. The summed E-state index contributed by atoms with van der Waals surface area (Å²) in [6.07, 6.45) is -1.92. The zero-order chi connectivity index (χ0) is 34.8. The molecule has 202 valence electrons. The number of carbonyl (C=O) groups excluding carboxylic acids is 3. The Morgan fingerprint density at radius 3 is 2.69 bits per heavy atom. The van der Waals surface area contributed by atoms with Crippen molar-refractivity contribution in [3.63, 3.8) is 0 Å². The van der Waals surface area contributed by atoms with Crippen LogP contribution in [0.3, 0.4) is 0 Å². The van der Waals surface area contributed by atoms with E-state index in [1.165, 1.54) is 17.3 Å². The molecular weight excluding hydrogens is 490 g/mol. The summed E-state index contributed by atoms with van der Waals surface area (Å²) >= 11 is 0. The molecule has 3 amide bonds. The van der Waals surface area contributed by atoms with Crippen LogP contribution in [0, 0.1) is 11.8 Å². The first kappa shape index (κ1) is 16.6. The maximum atomic E-state index is 13.5. The van der Waals surface area contributed by atoms with Crippen LogP contribution in [0.25, 0.3) is 10.8 Å². The molecule has 3 aliphatic heterocycles. The van der Waals surface area contributed by atoms with Crippen LogP contribution in [0.2, 0.25) is 0 Å². The summed E-state index contributed by atoms with van der Waals surface area (Å²) in [5, 5.41) is 7.76. The zero-order valence-electron chi connectivity index (χ0n) is 30.5. The molecule has 1 N–H and O–H groups in total. The smallest absolute Gasteiger partial charge is 0.259 e. The quantitative estimate of drug-likeness (QED) is 0.482. The molecule has 8 nitrogen and oxygen atoms in total. The van der Waals surface area contributed by atoms with Crippen molar-refractivity contribution in [1.82, 2.24) is 20.0 Å². The van der Waals surface area contributed by atoms with Gasteiger partial charge in [-0.25, -0.2) is 0 Å². The van der Waals surface area contributed by atoms with Crippen LogP contribution in [-0.2, 0) is 16.0 Å². The zero-order valence-corrected chi connectivity index (χ0v) is 21.5. The number of carbonyl (C=O) groups is 3. The number of imide groups is 1. The van der Waals surface area contributed by atoms with E-state index in [-0.39, 0.29) is 43.6 Å². The van der Waals surface area contributed by atoms with Crippen molar-refractivity contribution in [2.75, 3.05) is 24.4 Å². The highest BCUT2D eigenvalue weighted by Gasteiger charge is 2.41. The number of hydrogen-bond donors (Lipinski definition) is 1. The Labute approximate surface area is 241 Å². The number of rotatable bonds is 6. The molecule has 8 heteroatoms. The number of amides is 3. The lowest BCUT2D eigenvalue weighted by atomic mass is 9.74. The van der Waals surface area contributed by atoms with Gasteiger partial charge in [0, 0.05) is 60.5 Å². The van der Waals surface area contributed by atoms with E-state index in [0.717, 1.165) is 6.42 Å². The van der Waals surface area contributed by atoms with Crippen molar-refractivity contribution in [2.24, 2.45) is 11.8 Å². The summed E-state index contributed by atoms with van der Waals surface area (Å²) in [5.74, 6) is -1.26. The largest absolute Gasteiger partial charge is 0.303 e. The number of aromatic nitrogens is 2. The highest BCUT2D eigenvalue weighted by molar-refractivity contribution is 6.27. The number of benzene rings is 2. The van der Waals surface area contributed by atoms with Gasteiger partial charge < -0.3 is 4.90 Å². The first-order valence-corrected chi connectivity index (χ1v) is 13.4. The topological polar surface area (TPSA) is 87.5 Å². The minimum absolute atomic E-state index is 0.107. The minimum atomic E-state index is -3.26. The molecule has 7 rings (SSSR count). The van der Waals surface area contributed by atoms with Crippen molar-refractivity contribution in [2.45, 2.75) is 63.8 Å². The number of nitrogens with one attached hydrogen (secondary N) is 1. The fourth-order valence-corrected chi connectivity index (χ4v) is 6.00. The molecule has 0 bridgehead atoms. The highest BCUT2D eigenvalue weighted by atomic mass is 16.2. The summed E-state index contributed by atoms with van der Waals surface area (Å²) in [4.78, 5) is 40.0. The van der Waals surface area contributed by atoms with E-state index in [1.807, 2.05) is 13.0 Å². The van der Waals surface area contributed by atoms with Gasteiger partial charge in [0.25, 0.3) is 5.91 Å². The van der Waals surface area contributed by atoms with E-state index in [9.17, 15) is 15.8 Å². The number of hydrogen-bond acceptors (Lipinski definition) is 5. The van der Waals surface area contributed by atoms with Crippen molar-refractivity contribution in [3.05, 3.63) is 59.4 Å². The average Bonchev–Trinajstić information content (AvgIpc) is 3.60. The Kier molecular flexibility index (Phi) is 4.07. The molecule has 3 fully saturated rings. The molecular formula is C31H35N5O3. The van der Waals surface area contributed by atoms with Crippen LogP contribution in [0.5, 0.6) is 0 Å². The summed E-state index contributed by atoms with van der Waals surface area (Å²) in [6.45, 7) is -4.37. The maximum absolute atomic E-state index is 13.5. The molecule has 1 saturated carbocycles. The normalized spacial score (nSPS) is 35.2. The van der Waals surface area contributed by atoms with E-state index in [2.05, 4.69) is 10.4 Å². The Balaban J connectivity index is 1.23. The van der Waals surface area contributed by atoms with E-state index >= 15 is 0 Å². The number of piperidine rings is 2. The Hall–Kier alpha value is -3.52. The summed E-state index contributed by atoms with van der Waals surface area (Å²) in [5.41, 5.74) is 2.06. The van der Waals surface area contributed by atoms with Gasteiger partial charge in [-0.2, -0.15) is 5.10 Å². The third-order valence-corrected chi connectivity index (χ3v) is 8.43. The van der Waals surface area contributed by atoms with Crippen LogP contribution in [0.1, 0.15) is 85.2 Å². The lowest BCUT2D eigenvalue weighted by Crippen LogP contribution is -2.53. The Morgan fingerprint density at radius 1 is 1.10 bits per heavy atom. The second-order valence-corrected chi connectivity index (χ2v) is 10.8. The molecule has 2 aromatic carbocycles. The third kappa shape index (κ3) is 4.25. The fraction of sp³-hybridized carbons (Fsp3) is 0.484. The predicted octanol–water partition coefficient (Wildman–Crippen LogP) is 4.08. The Bertz CT molecular complexity index is 1850. The van der Waals surface area contributed by atoms with Crippen LogP contribution in [-0.4, -0.2) is 58.0 Å². The van der Waals surface area contributed by atoms with Crippen LogP contribution in [0.4, 0.5) is 5.69 Å². The fourth-order valence-electron chi connectivity index (χ4n) is 6.00. The lowest BCUT2D eigenvalue weighted by Gasteiger charge is -2.40. The Morgan fingerprint density at radius 2 is 1.95 bits per heavy atom. The third-order valence-electron chi connectivity index (χ3n) is 8.43. The summed E-state index contributed by atoms with van der Waals surface area (Å²) in [7, 11) is 0. The number of nitrogens with zero attached hydrogens (tertiary/aromatic N) is 4. The highest BCUT2D eigenvalue weighted by Crippen LogP contribution is 2.41. The first-order valence-electron chi connectivity index (χ1n) is 17.9. The van der Waals surface area contributed by atoms with Gasteiger partial charge in [-0.3, -0.25) is 29.3 Å². The number of likely N-dealkylation sites (tertiary alicyclic amines) is 1. The van der Waals surface area contributed by atoms with Crippen molar-refractivity contribution < 1.29 is 26.7 Å². The summed E-state index contributed by atoms with van der Waals surface area (Å²) < 4.78 is 80.8. The SMILES string of the molecule is [2H]C1([2H])N(CC2CCC2C)C([2H])([2H])C([2H])([2H])C([2H])(n2cc(Cc3ccc4c5c(cccc35)C(=O)N4C3CCC(=O)NC3=O)cn2)C1([2H])[2H]. The van der Waals surface area contributed by atoms with Crippen LogP contribution < -0.4 is 10.2 Å². The monoisotopic (exact) mass is 534 g/mol. The van der Waals surface area contributed by atoms with Gasteiger partial charge >= 0.3 is 0 Å². The van der Waals surface area contributed by atoms with Gasteiger partial charge in [0.2, 0.25) is 11.8 Å². The lowest BCUT2D eigenvalue weighted by molar-refractivity contribution is -0.134. The van der Waals surface area contributed by atoms with E-state index in [0.29, 0.717) is 49.2 Å². The molecule has 39 heavy (non-hydrogen) atoms. The average molecular weight is 535 g/mol.